The maximum atomic E-state index is 11.7. The fourth-order valence-corrected chi connectivity index (χ4v) is 1.97. The lowest BCUT2D eigenvalue weighted by Gasteiger charge is -2.33. The molecule has 0 aromatic heterocycles. The molecule has 1 aromatic rings. The predicted molar refractivity (Wildman–Crippen MR) is 64.8 cm³/mol. The highest BCUT2D eigenvalue weighted by Gasteiger charge is 2.31. The van der Waals surface area contributed by atoms with E-state index in [-0.39, 0.29) is 0 Å². The third kappa shape index (κ3) is 3.00. The Labute approximate surface area is 106 Å². The maximum Gasteiger partial charge on any atom is 0.410 e. The minimum atomic E-state index is -0.993. The Balaban J connectivity index is 1.92. The second-order valence-electron chi connectivity index (χ2n) is 4.37. The molecule has 0 aliphatic carbocycles. The smallest absolute Gasteiger partial charge is 0.410 e. The third-order valence-electron chi connectivity index (χ3n) is 3.03. The molecule has 2 atom stereocenters. The standard InChI is InChI=1S/C13H17NO4/c15-9-11(16)12-6-7-14(13(17)18-12)8-10-4-2-1-3-5-10/h1-5,11-12,15-16H,6-9H2/t11-,12?/m0/s1. The van der Waals surface area contributed by atoms with Crippen molar-refractivity contribution in [1.29, 1.82) is 0 Å². The summed E-state index contributed by atoms with van der Waals surface area (Å²) in [6.07, 6.45) is -1.51. The van der Waals surface area contributed by atoms with Crippen LogP contribution >= 0.6 is 0 Å². The molecule has 1 fully saturated rings. The highest BCUT2D eigenvalue weighted by Crippen LogP contribution is 2.17. The summed E-state index contributed by atoms with van der Waals surface area (Å²) in [5.41, 5.74) is 1.04. The Kier molecular flexibility index (Phi) is 4.17. The van der Waals surface area contributed by atoms with E-state index in [0.29, 0.717) is 19.5 Å². The van der Waals surface area contributed by atoms with Crippen LogP contribution in [0.15, 0.2) is 30.3 Å². The summed E-state index contributed by atoms with van der Waals surface area (Å²) in [6, 6.07) is 9.65. The number of benzene rings is 1. The zero-order valence-electron chi connectivity index (χ0n) is 10.0. The molecule has 5 nitrogen and oxygen atoms in total. The van der Waals surface area contributed by atoms with Gasteiger partial charge in [0.1, 0.15) is 12.2 Å². The fraction of sp³-hybridized carbons (Fsp3) is 0.462. The topological polar surface area (TPSA) is 70.0 Å². The second-order valence-corrected chi connectivity index (χ2v) is 4.37. The lowest BCUT2D eigenvalue weighted by molar-refractivity contribution is -0.0589. The number of cyclic esters (lactones) is 1. The van der Waals surface area contributed by atoms with Gasteiger partial charge in [-0.1, -0.05) is 30.3 Å². The van der Waals surface area contributed by atoms with E-state index in [1.54, 1.807) is 4.90 Å². The van der Waals surface area contributed by atoms with E-state index in [1.165, 1.54) is 0 Å². The van der Waals surface area contributed by atoms with Crippen LogP contribution in [-0.2, 0) is 11.3 Å². The fourth-order valence-electron chi connectivity index (χ4n) is 1.97. The van der Waals surface area contributed by atoms with Gasteiger partial charge in [-0.3, -0.25) is 0 Å². The molecular weight excluding hydrogens is 234 g/mol. The SMILES string of the molecule is O=C1OC([C@@H](O)CO)CCN1Cc1ccccc1. The molecule has 1 aliphatic heterocycles. The van der Waals surface area contributed by atoms with Crippen molar-refractivity contribution in [3.05, 3.63) is 35.9 Å². The van der Waals surface area contributed by atoms with Crippen LogP contribution in [-0.4, -0.2) is 46.6 Å². The average molecular weight is 251 g/mol. The van der Waals surface area contributed by atoms with Crippen molar-refractivity contribution in [3.8, 4) is 0 Å². The maximum absolute atomic E-state index is 11.7. The van der Waals surface area contributed by atoms with Gasteiger partial charge in [0.2, 0.25) is 0 Å². The monoisotopic (exact) mass is 251 g/mol. The molecule has 1 heterocycles. The number of carbonyl (C=O) groups excluding carboxylic acids is 1. The zero-order chi connectivity index (χ0) is 13.0. The Morgan fingerprint density at radius 2 is 2.11 bits per heavy atom. The van der Waals surface area contributed by atoms with Gasteiger partial charge in [0, 0.05) is 19.5 Å². The van der Waals surface area contributed by atoms with Gasteiger partial charge in [-0.2, -0.15) is 0 Å². The minimum Gasteiger partial charge on any atom is -0.443 e. The lowest BCUT2D eigenvalue weighted by atomic mass is 10.1. The normalized spacial score (nSPS) is 21.6. The molecule has 1 unspecified atom stereocenters. The van der Waals surface area contributed by atoms with E-state index in [1.807, 2.05) is 30.3 Å². The summed E-state index contributed by atoms with van der Waals surface area (Å²) in [7, 11) is 0. The highest BCUT2D eigenvalue weighted by atomic mass is 16.6. The zero-order valence-corrected chi connectivity index (χ0v) is 10.0. The second kappa shape index (κ2) is 5.84. The predicted octanol–water partition coefficient (Wildman–Crippen LogP) is 0.751. The number of aliphatic hydroxyl groups excluding tert-OH is 2. The summed E-state index contributed by atoms with van der Waals surface area (Å²) in [5, 5.41) is 18.3. The van der Waals surface area contributed by atoms with Crippen molar-refractivity contribution in [2.75, 3.05) is 13.2 Å². The van der Waals surface area contributed by atoms with Gasteiger partial charge in [0.05, 0.1) is 6.61 Å². The molecule has 18 heavy (non-hydrogen) atoms. The molecule has 0 saturated carbocycles. The molecule has 1 aliphatic rings. The van der Waals surface area contributed by atoms with E-state index in [4.69, 9.17) is 9.84 Å². The van der Waals surface area contributed by atoms with Gasteiger partial charge in [0.15, 0.2) is 0 Å². The van der Waals surface area contributed by atoms with E-state index in [0.717, 1.165) is 5.56 Å². The van der Waals surface area contributed by atoms with Crippen molar-refractivity contribution >= 4 is 6.09 Å². The minimum absolute atomic E-state index is 0.392. The highest BCUT2D eigenvalue weighted by molar-refractivity contribution is 5.68. The molecule has 98 valence electrons. The molecular formula is C13H17NO4. The number of amides is 1. The number of carbonyl (C=O) groups is 1. The number of ether oxygens (including phenoxy) is 1. The Bertz CT molecular complexity index is 395. The average Bonchev–Trinajstić information content (AvgIpc) is 2.41. The van der Waals surface area contributed by atoms with Crippen molar-refractivity contribution in [2.24, 2.45) is 0 Å². The van der Waals surface area contributed by atoms with Crippen LogP contribution in [0.25, 0.3) is 0 Å². The van der Waals surface area contributed by atoms with Crippen molar-refractivity contribution in [3.63, 3.8) is 0 Å². The quantitative estimate of drug-likeness (QED) is 0.828. The van der Waals surface area contributed by atoms with Gasteiger partial charge in [-0.15, -0.1) is 0 Å². The number of nitrogens with zero attached hydrogens (tertiary/aromatic N) is 1. The first-order valence-corrected chi connectivity index (χ1v) is 5.99. The van der Waals surface area contributed by atoms with Crippen LogP contribution in [0.1, 0.15) is 12.0 Å². The summed E-state index contributed by atoms with van der Waals surface area (Å²) < 4.78 is 5.10. The van der Waals surface area contributed by atoms with Crippen LogP contribution in [0.2, 0.25) is 0 Å². The van der Waals surface area contributed by atoms with Crippen LogP contribution < -0.4 is 0 Å². The van der Waals surface area contributed by atoms with Crippen LogP contribution in [0.5, 0.6) is 0 Å². The molecule has 1 saturated heterocycles. The van der Waals surface area contributed by atoms with Gasteiger partial charge in [-0.25, -0.2) is 4.79 Å². The number of aliphatic hydroxyl groups is 2. The number of rotatable bonds is 4. The van der Waals surface area contributed by atoms with Crippen molar-refractivity contribution in [2.45, 2.75) is 25.2 Å². The first kappa shape index (κ1) is 12.9. The summed E-state index contributed by atoms with van der Waals surface area (Å²) in [6.45, 7) is 0.633. The van der Waals surface area contributed by atoms with Gasteiger partial charge in [-0.05, 0) is 5.56 Å². The molecule has 2 N–H and O–H groups in total. The van der Waals surface area contributed by atoms with Crippen LogP contribution in [0, 0.1) is 0 Å². The number of hydrogen-bond acceptors (Lipinski definition) is 4. The first-order valence-electron chi connectivity index (χ1n) is 5.99. The van der Waals surface area contributed by atoms with Crippen LogP contribution in [0.3, 0.4) is 0 Å². The lowest BCUT2D eigenvalue weighted by Crippen LogP contribution is -2.46. The summed E-state index contributed by atoms with van der Waals surface area (Å²) in [4.78, 5) is 13.3. The molecule has 2 rings (SSSR count). The van der Waals surface area contributed by atoms with E-state index >= 15 is 0 Å². The van der Waals surface area contributed by atoms with Gasteiger partial charge >= 0.3 is 6.09 Å². The summed E-state index contributed by atoms with van der Waals surface area (Å²) >= 11 is 0. The van der Waals surface area contributed by atoms with Crippen LogP contribution in [0.4, 0.5) is 4.79 Å². The molecule has 1 amide bonds. The van der Waals surface area contributed by atoms with E-state index in [2.05, 4.69) is 0 Å². The van der Waals surface area contributed by atoms with Crippen molar-refractivity contribution in [1.82, 2.24) is 4.90 Å². The number of hydrogen-bond donors (Lipinski definition) is 2. The van der Waals surface area contributed by atoms with E-state index < -0.39 is 24.9 Å². The molecule has 0 spiro atoms. The first-order chi connectivity index (χ1) is 8.70. The van der Waals surface area contributed by atoms with E-state index in [9.17, 15) is 9.90 Å². The Morgan fingerprint density at radius 1 is 1.39 bits per heavy atom. The van der Waals surface area contributed by atoms with Gasteiger partial charge in [0.25, 0.3) is 0 Å². The third-order valence-corrected chi connectivity index (χ3v) is 3.03. The molecule has 5 heteroatoms. The van der Waals surface area contributed by atoms with Gasteiger partial charge < -0.3 is 19.8 Å². The summed E-state index contributed by atoms with van der Waals surface area (Å²) in [5.74, 6) is 0. The molecule has 0 radical (unpaired) electrons. The largest absolute Gasteiger partial charge is 0.443 e. The Hall–Kier alpha value is -1.59. The molecule has 0 bridgehead atoms. The van der Waals surface area contributed by atoms with Crippen molar-refractivity contribution < 1.29 is 19.7 Å². The molecule has 1 aromatic carbocycles. The Morgan fingerprint density at radius 3 is 2.72 bits per heavy atom.